The molecule has 3 rings (SSSR count). The lowest BCUT2D eigenvalue weighted by Crippen LogP contribution is -2.35. The quantitative estimate of drug-likeness (QED) is 0.866. The molecule has 0 saturated heterocycles. The van der Waals surface area contributed by atoms with Gasteiger partial charge >= 0.3 is 0 Å². The van der Waals surface area contributed by atoms with Gasteiger partial charge in [0.2, 0.25) is 0 Å². The molecule has 1 amide bonds. The van der Waals surface area contributed by atoms with E-state index in [2.05, 4.69) is 44.2 Å². The minimum atomic E-state index is 0.0201. The number of nitrogens with zero attached hydrogens (tertiary/aromatic N) is 1. The third kappa shape index (κ3) is 3.15. The lowest BCUT2D eigenvalue weighted by Gasteiger charge is -2.14. The van der Waals surface area contributed by atoms with Crippen molar-refractivity contribution < 1.29 is 4.79 Å². The summed E-state index contributed by atoms with van der Waals surface area (Å²) in [4.78, 5) is 13.7. The van der Waals surface area contributed by atoms with Gasteiger partial charge in [0.05, 0.1) is 0 Å². The van der Waals surface area contributed by atoms with Crippen LogP contribution in [0.5, 0.6) is 0 Å². The largest absolute Gasteiger partial charge is 0.348 e. The van der Waals surface area contributed by atoms with E-state index in [1.165, 1.54) is 17.7 Å². The fraction of sp³-hybridized carbons (Fsp3) is 0.400. The molecule has 0 aromatic carbocycles. The minimum Gasteiger partial charge on any atom is -0.348 e. The molecule has 3 nitrogen and oxygen atoms in total. The maximum Gasteiger partial charge on any atom is 0.268 e. The van der Waals surface area contributed by atoms with E-state index in [0.29, 0.717) is 6.04 Å². The molecule has 5 heteroatoms. The first-order valence-corrected chi connectivity index (χ1v) is 8.51. The van der Waals surface area contributed by atoms with Gasteiger partial charge < -0.3 is 9.88 Å². The maximum absolute atomic E-state index is 12.4. The van der Waals surface area contributed by atoms with E-state index < -0.39 is 0 Å². The lowest BCUT2D eigenvalue weighted by molar-refractivity contribution is 0.0930. The summed E-state index contributed by atoms with van der Waals surface area (Å²) in [6, 6.07) is 6.71. The Bertz CT molecular complexity index is 601. The van der Waals surface area contributed by atoms with Crippen LogP contribution in [0.3, 0.4) is 0 Å². The number of thiophene rings is 1. The van der Waals surface area contributed by atoms with Crippen LogP contribution in [0.15, 0.2) is 34.2 Å². The number of nitrogens with one attached hydrogen (secondary N) is 1. The summed E-state index contributed by atoms with van der Waals surface area (Å²) in [5.74, 6) is 0.0201. The fourth-order valence-electron chi connectivity index (χ4n) is 2.36. The first-order chi connectivity index (χ1) is 9.63. The van der Waals surface area contributed by atoms with Crippen molar-refractivity contribution in [2.75, 3.05) is 0 Å². The molecule has 1 fully saturated rings. The summed E-state index contributed by atoms with van der Waals surface area (Å²) in [6.45, 7) is 2.05. The summed E-state index contributed by atoms with van der Waals surface area (Å²) in [6.07, 6.45) is 5.24. The molecule has 106 valence electrons. The van der Waals surface area contributed by atoms with Gasteiger partial charge in [-0.2, -0.15) is 0 Å². The van der Waals surface area contributed by atoms with Crippen LogP contribution < -0.4 is 5.32 Å². The Kier molecular flexibility index (Phi) is 3.98. The molecule has 1 N–H and O–H groups in total. The molecule has 1 unspecified atom stereocenters. The molecule has 1 atom stereocenters. The SMILES string of the molecule is CC(Cc1cccs1)NC(=O)c1cc(Br)cn1C1CC1. The fourth-order valence-corrected chi connectivity index (χ4v) is 3.63. The Hall–Kier alpha value is -1.07. The van der Waals surface area contributed by atoms with E-state index in [1.807, 2.05) is 18.3 Å². The van der Waals surface area contributed by atoms with Gasteiger partial charge in [-0.25, -0.2) is 0 Å². The van der Waals surface area contributed by atoms with Crippen molar-refractivity contribution in [3.05, 3.63) is 44.8 Å². The molecule has 0 radical (unpaired) electrons. The van der Waals surface area contributed by atoms with E-state index >= 15 is 0 Å². The maximum atomic E-state index is 12.4. The van der Waals surface area contributed by atoms with Crippen LogP contribution in [-0.2, 0) is 6.42 Å². The molecule has 1 aliphatic carbocycles. The summed E-state index contributed by atoms with van der Waals surface area (Å²) < 4.78 is 3.07. The van der Waals surface area contributed by atoms with Crippen LogP contribution in [0.1, 0.15) is 41.2 Å². The average Bonchev–Trinajstić information content (AvgIpc) is 2.98. The number of hydrogen-bond acceptors (Lipinski definition) is 2. The lowest BCUT2D eigenvalue weighted by atomic mass is 10.2. The van der Waals surface area contributed by atoms with Gasteiger partial charge in [-0.05, 0) is 53.2 Å². The number of rotatable bonds is 5. The zero-order valence-corrected chi connectivity index (χ0v) is 13.7. The van der Waals surface area contributed by atoms with Crippen LogP contribution in [0.4, 0.5) is 0 Å². The minimum absolute atomic E-state index is 0.0201. The van der Waals surface area contributed by atoms with Crippen molar-refractivity contribution in [2.45, 2.75) is 38.3 Å². The molecule has 1 aliphatic rings. The second kappa shape index (κ2) is 5.74. The normalized spacial score (nSPS) is 16.1. The molecule has 2 heterocycles. The first kappa shape index (κ1) is 13.9. The highest BCUT2D eigenvalue weighted by Crippen LogP contribution is 2.37. The number of aromatic nitrogens is 1. The van der Waals surface area contributed by atoms with E-state index in [9.17, 15) is 4.79 Å². The molecule has 2 aromatic heterocycles. The third-order valence-electron chi connectivity index (χ3n) is 3.45. The molecule has 0 aliphatic heterocycles. The number of hydrogen-bond donors (Lipinski definition) is 1. The van der Waals surface area contributed by atoms with Gasteiger partial charge in [0.25, 0.3) is 5.91 Å². The van der Waals surface area contributed by atoms with Crippen molar-refractivity contribution in [3.8, 4) is 0 Å². The van der Waals surface area contributed by atoms with Crippen molar-refractivity contribution in [1.29, 1.82) is 0 Å². The van der Waals surface area contributed by atoms with Gasteiger partial charge in [-0.3, -0.25) is 4.79 Å². The Labute approximate surface area is 131 Å². The molecule has 20 heavy (non-hydrogen) atoms. The molecular formula is C15H17BrN2OS. The number of carbonyl (C=O) groups excluding carboxylic acids is 1. The smallest absolute Gasteiger partial charge is 0.268 e. The first-order valence-electron chi connectivity index (χ1n) is 6.84. The van der Waals surface area contributed by atoms with E-state index in [4.69, 9.17) is 0 Å². The summed E-state index contributed by atoms with van der Waals surface area (Å²) >= 11 is 5.20. The van der Waals surface area contributed by atoms with Crippen molar-refractivity contribution >= 4 is 33.2 Å². The Balaban J connectivity index is 1.66. The third-order valence-corrected chi connectivity index (χ3v) is 4.79. The van der Waals surface area contributed by atoms with Gasteiger partial charge in [0.1, 0.15) is 5.69 Å². The van der Waals surface area contributed by atoms with Crippen LogP contribution in [0, 0.1) is 0 Å². The Morgan fingerprint density at radius 3 is 3.05 bits per heavy atom. The Morgan fingerprint density at radius 2 is 2.40 bits per heavy atom. The van der Waals surface area contributed by atoms with E-state index in [-0.39, 0.29) is 11.9 Å². The number of amides is 1. The highest BCUT2D eigenvalue weighted by atomic mass is 79.9. The molecule has 2 aromatic rings. The van der Waals surface area contributed by atoms with Gasteiger partial charge in [-0.15, -0.1) is 11.3 Å². The predicted octanol–water partition coefficient (Wildman–Crippen LogP) is 4.01. The highest BCUT2D eigenvalue weighted by Gasteiger charge is 2.28. The molecule has 0 spiro atoms. The summed E-state index contributed by atoms with van der Waals surface area (Å²) in [7, 11) is 0. The number of halogens is 1. The second-order valence-corrected chi connectivity index (χ2v) is 7.29. The average molecular weight is 353 g/mol. The van der Waals surface area contributed by atoms with Crippen LogP contribution in [0.2, 0.25) is 0 Å². The van der Waals surface area contributed by atoms with Crippen molar-refractivity contribution in [3.63, 3.8) is 0 Å². The van der Waals surface area contributed by atoms with Crippen LogP contribution in [-0.4, -0.2) is 16.5 Å². The second-order valence-electron chi connectivity index (χ2n) is 5.34. The molecular weight excluding hydrogens is 336 g/mol. The summed E-state index contributed by atoms with van der Waals surface area (Å²) in [5, 5.41) is 5.17. The highest BCUT2D eigenvalue weighted by molar-refractivity contribution is 9.10. The molecule has 0 bridgehead atoms. The monoisotopic (exact) mass is 352 g/mol. The van der Waals surface area contributed by atoms with E-state index in [0.717, 1.165) is 16.6 Å². The van der Waals surface area contributed by atoms with Crippen LogP contribution >= 0.6 is 27.3 Å². The summed E-state index contributed by atoms with van der Waals surface area (Å²) in [5.41, 5.74) is 0.761. The zero-order valence-electron chi connectivity index (χ0n) is 11.3. The van der Waals surface area contributed by atoms with Gasteiger partial charge in [0, 0.05) is 34.1 Å². The van der Waals surface area contributed by atoms with Crippen molar-refractivity contribution in [2.24, 2.45) is 0 Å². The topological polar surface area (TPSA) is 34.0 Å². The zero-order chi connectivity index (χ0) is 14.1. The van der Waals surface area contributed by atoms with Crippen LogP contribution in [0.25, 0.3) is 0 Å². The molecule has 1 saturated carbocycles. The van der Waals surface area contributed by atoms with Gasteiger partial charge in [-0.1, -0.05) is 6.07 Å². The van der Waals surface area contributed by atoms with Crippen molar-refractivity contribution in [1.82, 2.24) is 9.88 Å². The Morgan fingerprint density at radius 1 is 1.60 bits per heavy atom. The van der Waals surface area contributed by atoms with Gasteiger partial charge in [0.15, 0.2) is 0 Å². The van der Waals surface area contributed by atoms with E-state index in [1.54, 1.807) is 11.3 Å². The standard InChI is InChI=1S/C15H17BrN2OS/c1-10(7-13-3-2-6-20-13)17-15(19)14-8-11(16)9-18(14)12-4-5-12/h2-3,6,8-10,12H,4-5,7H2,1H3,(H,17,19). The number of carbonyl (C=O) groups is 1. The predicted molar refractivity (Wildman–Crippen MR) is 85.4 cm³/mol.